The highest BCUT2D eigenvalue weighted by molar-refractivity contribution is 7.92. The molecule has 0 atom stereocenters. The standard InChI is InChI=1S/C14H11N3O4S/c1-10-2-3-12(8-11(10)9-15)16-22(20,21)14-6-4-13(5-7-14)17(18)19/h2-8,16H,1H3. The van der Waals surface area contributed by atoms with E-state index in [1.54, 1.807) is 19.1 Å². The molecular weight excluding hydrogens is 306 g/mol. The van der Waals surface area contributed by atoms with Crippen molar-refractivity contribution in [2.75, 3.05) is 4.72 Å². The van der Waals surface area contributed by atoms with Crippen LogP contribution in [0.4, 0.5) is 11.4 Å². The number of hydrogen-bond acceptors (Lipinski definition) is 5. The first kappa shape index (κ1) is 15.5. The Labute approximate surface area is 127 Å². The van der Waals surface area contributed by atoms with Crippen molar-refractivity contribution in [2.24, 2.45) is 0 Å². The summed E-state index contributed by atoms with van der Waals surface area (Å²) in [7, 11) is -3.88. The van der Waals surface area contributed by atoms with Crippen LogP contribution in [0.2, 0.25) is 0 Å². The average molecular weight is 317 g/mol. The smallest absolute Gasteiger partial charge is 0.269 e. The molecule has 8 heteroatoms. The van der Waals surface area contributed by atoms with E-state index in [2.05, 4.69) is 4.72 Å². The van der Waals surface area contributed by atoms with Crippen LogP contribution in [0.25, 0.3) is 0 Å². The molecule has 22 heavy (non-hydrogen) atoms. The maximum atomic E-state index is 12.2. The number of aryl methyl sites for hydroxylation is 1. The van der Waals surface area contributed by atoms with Crippen LogP contribution in [-0.4, -0.2) is 13.3 Å². The zero-order chi connectivity index (χ0) is 16.3. The quantitative estimate of drug-likeness (QED) is 0.687. The number of benzene rings is 2. The Morgan fingerprint density at radius 3 is 2.36 bits per heavy atom. The van der Waals surface area contributed by atoms with Crippen LogP contribution >= 0.6 is 0 Å². The lowest BCUT2D eigenvalue weighted by molar-refractivity contribution is -0.384. The van der Waals surface area contributed by atoms with Crippen LogP contribution in [0.3, 0.4) is 0 Å². The second kappa shape index (κ2) is 5.83. The maximum Gasteiger partial charge on any atom is 0.269 e. The maximum absolute atomic E-state index is 12.2. The van der Waals surface area contributed by atoms with Crippen LogP contribution in [0, 0.1) is 28.4 Å². The van der Waals surface area contributed by atoms with Crippen molar-refractivity contribution >= 4 is 21.4 Å². The first-order chi connectivity index (χ1) is 10.3. The van der Waals surface area contributed by atoms with Gasteiger partial charge in [0.1, 0.15) is 0 Å². The van der Waals surface area contributed by atoms with Gasteiger partial charge in [-0.15, -0.1) is 0 Å². The van der Waals surface area contributed by atoms with E-state index in [0.29, 0.717) is 5.56 Å². The highest BCUT2D eigenvalue weighted by Crippen LogP contribution is 2.21. The summed E-state index contributed by atoms with van der Waals surface area (Å²) in [6.07, 6.45) is 0. The minimum Gasteiger partial charge on any atom is -0.280 e. The minimum atomic E-state index is -3.88. The molecule has 0 aliphatic rings. The predicted molar refractivity (Wildman–Crippen MR) is 79.8 cm³/mol. The molecule has 2 aromatic carbocycles. The van der Waals surface area contributed by atoms with E-state index >= 15 is 0 Å². The molecule has 1 N–H and O–H groups in total. The first-order valence-corrected chi connectivity index (χ1v) is 7.60. The lowest BCUT2D eigenvalue weighted by Gasteiger charge is -2.09. The van der Waals surface area contributed by atoms with Gasteiger partial charge in [0.15, 0.2) is 0 Å². The van der Waals surface area contributed by atoms with Crippen LogP contribution in [-0.2, 0) is 10.0 Å². The van der Waals surface area contributed by atoms with Gasteiger partial charge < -0.3 is 0 Å². The van der Waals surface area contributed by atoms with Crippen molar-refractivity contribution in [3.8, 4) is 6.07 Å². The van der Waals surface area contributed by atoms with E-state index in [4.69, 9.17) is 5.26 Å². The Morgan fingerprint density at radius 2 is 1.82 bits per heavy atom. The van der Waals surface area contributed by atoms with Gasteiger partial charge in [-0.05, 0) is 36.8 Å². The average Bonchev–Trinajstić information content (AvgIpc) is 2.49. The number of rotatable bonds is 4. The molecule has 0 aliphatic carbocycles. The molecule has 0 saturated carbocycles. The van der Waals surface area contributed by atoms with E-state index in [-0.39, 0.29) is 16.3 Å². The number of non-ortho nitro benzene ring substituents is 1. The van der Waals surface area contributed by atoms with Crippen molar-refractivity contribution in [3.63, 3.8) is 0 Å². The van der Waals surface area contributed by atoms with Gasteiger partial charge in [0.05, 0.1) is 27.1 Å². The third-order valence-electron chi connectivity index (χ3n) is 2.97. The monoisotopic (exact) mass is 317 g/mol. The molecule has 0 spiro atoms. The topological polar surface area (TPSA) is 113 Å². The predicted octanol–water partition coefficient (Wildman–Crippen LogP) is 2.58. The highest BCUT2D eigenvalue weighted by Gasteiger charge is 2.16. The van der Waals surface area contributed by atoms with Crippen LogP contribution in [0.5, 0.6) is 0 Å². The Balaban J connectivity index is 2.31. The SMILES string of the molecule is Cc1ccc(NS(=O)(=O)c2ccc([N+](=O)[O-])cc2)cc1C#N. The molecule has 0 saturated heterocycles. The van der Waals surface area contributed by atoms with Crippen LogP contribution in [0.1, 0.15) is 11.1 Å². The summed E-state index contributed by atoms with van der Waals surface area (Å²) in [5.41, 5.74) is 1.16. The van der Waals surface area contributed by atoms with Gasteiger partial charge in [-0.3, -0.25) is 14.8 Å². The van der Waals surface area contributed by atoms with Crippen molar-refractivity contribution in [2.45, 2.75) is 11.8 Å². The van der Waals surface area contributed by atoms with Crippen molar-refractivity contribution in [1.29, 1.82) is 5.26 Å². The van der Waals surface area contributed by atoms with Crippen molar-refractivity contribution < 1.29 is 13.3 Å². The lowest BCUT2D eigenvalue weighted by Crippen LogP contribution is -2.13. The van der Waals surface area contributed by atoms with Gasteiger partial charge in [-0.1, -0.05) is 6.07 Å². The molecule has 0 bridgehead atoms. The van der Waals surface area contributed by atoms with E-state index in [1.165, 1.54) is 6.07 Å². The summed E-state index contributed by atoms with van der Waals surface area (Å²) >= 11 is 0. The number of nitro groups is 1. The lowest BCUT2D eigenvalue weighted by atomic mass is 10.1. The largest absolute Gasteiger partial charge is 0.280 e. The molecule has 0 aromatic heterocycles. The summed E-state index contributed by atoms with van der Waals surface area (Å²) < 4.78 is 26.7. The number of anilines is 1. The zero-order valence-electron chi connectivity index (χ0n) is 11.5. The molecule has 0 amide bonds. The van der Waals surface area contributed by atoms with E-state index in [1.807, 2.05) is 6.07 Å². The molecule has 0 aliphatic heterocycles. The van der Waals surface area contributed by atoms with Crippen molar-refractivity contribution in [3.05, 3.63) is 63.7 Å². The summed E-state index contributed by atoms with van der Waals surface area (Å²) in [6.45, 7) is 1.74. The number of nitro benzene ring substituents is 1. The summed E-state index contributed by atoms with van der Waals surface area (Å²) in [6, 6.07) is 11.1. The molecule has 7 nitrogen and oxygen atoms in total. The summed E-state index contributed by atoms with van der Waals surface area (Å²) in [4.78, 5) is 9.86. The normalized spacial score (nSPS) is 10.7. The molecule has 112 valence electrons. The molecule has 0 unspecified atom stereocenters. The fraction of sp³-hybridized carbons (Fsp3) is 0.0714. The van der Waals surface area contributed by atoms with Gasteiger partial charge in [-0.25, -0.2) is 8.42 Å². The summed E-state index contributed by atoms with van der Waals surface area (Å²) in [5.74, 6) is 0. The summed E-state index contributed by atoms with van der Waals surface area (Å²) in [5, 5.41) is 19.5. The minimum absolute atomic E-state index is 0.0998. The second-order valence-electron chi connectivity index (χ2n) is 4.50. The molecule has 0 radical (unpaired) electrons. The molecule has 0 fully saturated rings. The molecule has 2 aromatic rings. The number of sulfonamides is 1. The Hall–Kier alpha value is -2.92. The van der Waals surface area contributed by atoms with E-state index < -0.39 is 14.9 Å². The van der Waals surface area contributed by atoms with Gasteiger partial charge in [0.25, 0.3) is 15.7 Å². The van der Waals surface area contributed by atoms with Crippen LogP contribution < -0.4 is 4.72 Å². The first-order valence-electron chi connectivity index (χ1n) is 6.11. The number of hydrogen-bond donors (Lipinski definition) is 1. The van der Waals surface area contributed by atoms with Gasteiger partial charge in [0, 0.05) is 12.1 Å². The van der Waals surface area contributed by atoms with E-state index in [9.17, 15) is 18.5 Å². The second-order valence-corrected chi connectivity index (χ2v) is 6.18. The number of nitriles is 1. The Bertz CT molecular complexity index is 868. The third-order valence-corrected chi connectivity index (χ3v) is 4.37. The van der Waals surface area contributed by atoms with Crippen molar-refractivity contribution in [1.82, 2.24) is 0 Å². The zero-order valence-corrected chi connectivity index (χ0v) is 12.3. The highest BCUT2D eigenvalue weighted by atomic mass is 32.2. The number of nitrogens with zero attached hydrogens (tertiary/aromatic N) is 2. The number of nitrogens with one attached hydrogen (secondary N) is 1. The third kappa shape index (κ3) is 3.21. The van der Waals surface area contributed by atoms with E-state index in [0.717, 1.165) is 29.8 Å². The molecule has 2 rings (SSSR count). The van der Waals surface area contributed by atoms with Crippen LogP contribution in [0.15, 0.2) is 47.4 Å². The Morgan fingerprint density at radius 1 is 1.18 bits per heavy atom. The van der Waals surface area contributed by atoms with Gasteiger partial charge in [0.2, 0.25) is 0 Å². The van der Waals surface area contributed by atoms with Gasteiger partial charge in [-0.2, -0.15) is 5.26 Å². The fourth-order valence-electron chi connectivity index (χ4n) is 1.77. The van der Waals surface area contributed by atoms with Gasteiger partial charge >= 0.3 is 0 Å². The molecule has 0 heterocycles. The fourth-order valence-corrected chi connectivity index (χ4v) is 2.82. The Kier molecular flexibility index (Phi) is 4.10. The molecular formula is C14H11N3O4S.